The van der Waals surface area contributed by atoms with E-state index in [4.69, 9.17) is 22.1 Å². The fourth-order valence-electron chi connectivity index (χ4n) is 4.16. The van der Waals surface area contributed by atoms with Gasteiger partial charge in [0.15, 0.2) is 5.75 Å². The van der Waals surface area contributed by atoms with Crippen molar-refractivity contribution in [2.75, 3.05) is 38.2 Å². The van der Waals surface area contributed by atoms with Gasteiger partial charge in [0.25, 0.3) is 5.88 Å². The number of hydrogen-bond acceptors (Lipinski definition) is 7. The summed E-state index contributed by atoms with van der Waals surface area (Å²) in [7, 11) is 0. The van der Waals surface area contributed by atoms with E-state index < -0.39 is 16.7 Å². The summed E-state index contributed by atoms with van der Waals surface area (Å²) in [6.45, 7) is 6.72. The van der Waals surface area contributed by atoms with Gasteiger partial charge in [-0.05, 0) is 63.4 Å². The number of fused-ring (bicyclic) bond motifs is 1. The molecule has 0 spiro atoms. The molecule has 2 atom stereocenters. The minimum atomic E-state index is -4.46. The van der Waals surface area contributed by atoms with Gasteiger partial charge in [-0.15, -0.1) is 0 Å². The van der Waals surface area contributed by atoms with Crippen molar-refractivity contribution in [1.29, 1.82) is 0 Å². The summed E-state index contributed by atoms with van der Waals surface area (Å²) in [5.41, 5.74) is 0.667. The van der Waals surface area contributed by atoms with Crippen molar-refractivity contribution in [2.24, 2.45) is 5.92 Å². The number of thiol groups is 1. The van der Waals surface area contributed by atoms with E-state index in [2.05, 4.69) is 20.2 Å². The summed E-state index contributed by atoms with van der Waals surface area (Å²) in [5.74, 6) is 1.38. The Morgan fingerprint density at radius 1 is 1.16 bits per heavy atom. The summed E-state index contributed by atoms with van der Waals surface area (Å²) >= 11 is 4.94. The maximum atomic E-state index is 13.1. The topological polar surface area (TPSA) is 59.5 Å². The lowest BCUT2D eigenvalue weighted by atomic mass is 9.95. The van der Waals surface area contributed by atoms with Crippen LogP contribution < -0.4 is 14.8 Å². The third-order valence-corrected chi connectivity index (χ3v) is 6.38. The van der Waals surface area contributed by atoms with Crippen LogP contribution in [0, 0.1) is 12.8 Å². The molecule has 2 aromatic heterocycles. The van der Waals surface area contributed by atoms with Crippen LogP contribution in [0.2, 0.25) is 0 Å². The first kappa shape index (κ1) is 23.0. The molecule has 0 aromatic carbocycles. The first-order valence-corrected chi connectivity index (χ1v) is 11.1. The van der Waals surface area contributed by atoms with Crippen LogP contribution in [0.4, 0.5) is 18.9 Å². The summed E-state index contributed by atoms with van der Waals surface area (Å²) in [6.07, 6.45) is -2.51. The van der Waals surface area contributed by atoms with Crippen LogP contribution in [-0.4, -0.2) is 47.7 Å². The maximum absolute atomic E-state index is 13.1. The predicted molar refractivity (Wildman–Crippen MR) is 118 cm³/mol. The average molecular weight is 469 g/mol. The van der Waals surface area contributed by atoms with E-state index in [9.17, 15) is 13.2 Å². The van der Waals surface area contributed by atoms with Crippen molar-refractivity contribution in [2.45, 2.75) is 37.7 Å². The van der Waals surface area contributed by atoms with Gasteiger partial charge in [-0.3, -0.25) is 4.90 Å². The number of piperidine rings is 1. The monoisotopic (exact) mass is 468 g/mol. The first-order valence-electron chi connectivity index (χ1n) is 10.7. The molecule has 0 unspecified atom stereocenters. The quantitative estimate of drug-likeness (QED) is 0.630. The Balaban J connectivity index is 1.43. The smallest absolute Gasteiger partial charge is 0.433 e. The van der Waals surface area contributed by atoms with E-state index in [1.165, 1.54) is 0 Å². The highest BCUT2D eigenvalue weighted by atomic mass is 32.1. The molecule has 0 saturated carbocycles. The van der Waals surface area contributed by atoms with Crippen molar-refractivity contribution in [3.63, 3.8) is 0 Å². The van der Waals surface area contributed by atoms with Gasteiger partial charge in [0.05, 0.1) is 5.69 Å². The zero-order valence-electron chi connectivity index (χ0n) is 18.1. The van der Waals surface area contributed by atoms with Crippen molar-refractivity contribution < 1.29 is 22.6 Å². The Labute approximate surface area is 190 Å². The number of alkyl halides is 3. The van der Waals surface area contributed by atoms with Crippen LogP contribution in [0.5, 0.6) is 11.6 Å². The number of nitrogens with one attached hydrogen (secondary N) is 1. The molecule has 1 saturated heterocycles. The van der Waals surface area contributed by atoms with Gasteiger partial charge in [0, 0.05) is 24.5 Å². The Bertz CT molecular complexity index is 971. The number of ether oxygens (including phenoxy) is 2. The number of nitrogens with zero attached hydrogens (tertiary/aromatic N) is 3. The molecule has 10 heteroatoms. The van der Waals surface area contributed by atoms with E-state index in [1.54, 1.807) is 13.0 Å². The SMILES string of the molecule is Cc1cc(NC[C@@H]2CCCN([C@@](C)(S)c3ccc4c(n3)OCCO4)C2)cc(C(F)(F)F)n1. The Morgan fingerprint density at radius 3 is 2.72 bits per heavy atom. The average Bonchev–Trinajstić information content (AvgIpc) is 2.76. The number of anilines is 1. The lowest BCUT2D eigenvalue weighted by Gasteiger charge is -2.42. The number of halogens is 3. The maximum Gasteiger partial charge on any atom is 0.433 e. The van der Waals surface area contributed by atoms with Crippen LogP contribution in [0.1, 0.15) is 36.8 Å². The number of hydrogen-bond donors (Lipinski definition) is 2. The van der Waals surface area contributed by atoms with Gasteiger partial charge in [-0.2, -0.15) is 25.8 Å². The second-order valence-corrected chi connectivity index (χ2v) is 9.30. The first-order chi connectivity index (χ1) is 15.1. The molecule has 0 bridgehead atoms. The molecule has 6 nitrogen and oxygen atoms in total. The molecule has 2 aliphatic rings. The Hall–Kier alpha value is -2.20. The Kier molecular flexibility index (Phi) is 6.44. The van der Waals surface area contributed by atoms with Gasteiger partial charge in [-0.1, -0.05) is 0 Å². The number of likely N-dealkylation sites (tertiary alicyclic amines) is 1. The molecule has 2 aliphatic heterocycles. The number of aryl methyl sites for hydroxylation is 1. The normalized spacial score (nSPS) is 21.1. The van der Waals surface area contributed by atoms with Gasteiger partial charge in [-0.25, -0.2) is 9.97 Å². The van der Waals surface area contributed by atoms with Crippen molar-refractivity contribution in [1.82, 2.24) is 14.9 Å². The number of aromatic nitrogens is 2. The third kappa shape index (κ3) is 5.06. The molecule has 4 heterocycles. The molecule has 0 radical (unpaired) electrons. The molecule has 0 aliphatic carbocycles. The molecule has 32 heavy (non-hydrogen) atoms. The molecule has 1 N–H and O–H groups in total. The summed E-state index contributed by atoms with van der Waals surface area (Å²) < 4.78 is 50.4. The van der Waals surface area contributed by atoms with Gasteiger partial charge in [0.2, 0.25) is 0 Å². The molecule has 4 rings (SSSR count). The number of rotatable bonds is 5. The summed E-state index contributed by atoms with van der Waals surface area (Å²) in [5, 5.41) is 3.18. The highest BCUT2D eigenvalue weighted by molar-refractivity contribution is 7.81. The van der Waals surface area contributed by atoms with Gasteiger partial charge >= 0.3 is 6.18 Å². The van der Waals surface area contributed by atoms with Crippen LogP contribution >= 0.6 is 12.6 Å². The lowest BCUT2D eigenvalue weighted by molar-refractivity contribution is -0.141. The van der Waals surface area contributed by atoms with Crippen molar-refractivity contribution in [3.05, 3.63) is 41.3 Å². The molecular formula is C22H27F3N4O2S. The zero-order chi connectivity index (χ0) is 22.9. The van der Waals surface area contributed by atoms with Crippen LogP contribution in [0.3, 0.4) is 0 Å². The van der Waals surface area contributed by atoms with E-state index >= 15 is 0 Å². The molecule has 2 aromatic rings. The molecule has 1 fully saturated rings. The van der Waals surface area contributed by atoms with E-state index in [-0.39, 0.29) is 5.92 Å². The third-order valence-electron chi connectivity index (χ3n) is 5.86. The molecule has 0 amide bonds. The largest absolute Gasteiger partial charge is 0.484 e. The minimum Gasteiger partial charge on any atom is -0.484 e. The predicted octanol–water partition coefficient (Wildman–Crippen LogP) is 4.50. The van der Waals surface area contributed by atoms with Crippen LogP contribution in [-0.2, 0) is 11.0 Å². The van der Waals surface area contributed by atoms with Crippen molar-refractivity contribution >= 4 is 18.3 Å². The highest BCUT2D eigenvalue weighted by Gasteiger charge is 2.36. The minimum absolute atomic E-state index is 0.259. The van der Waals surface area contributed by atoms with Crippen LogP contribution in [0.15, 0.2) is 24.3 Å². The van der Waals surface area contributed by atoms with Gasteiger partial charge in [0.1, 0.15) is 23.8 Å². The fourth-order valence-corrected chi connectivity index (χ4v) is 4.47. The van der Waals surface area contributed by atoms with Crippen LogP contribution in [0.25, 0.3) is 0 Å². The molecule has 174 valence electrons. The number of pyridine rings is 2. The van der Waals surface area contributed by atoms with Crippen molar-refractivity contribution in [3.8, 4) is 11.6 Å². The second-order valence-electron chi connectivity index (χ2n) is 8.43. The van der Waals surface area contributed by atoms with E-state index in [1.807, 2.05) is 19.1 Å². The lowest BCUT2D eigenvalue weighted by Crippen LogP contribution is -2.47. The van der Waals surface area contributed by atoms with Gasteiger partial charge < -0.3 is 14.8 Å². The molecular weight excluding hydrogens is 441 g/mol. The summed E-state index contributed by atoms with van der Waals surface area (Å²) in [6, 6.07) is 6.46. The summed E-state index contributed by atoms with van der Waals surface area (Å²) in [4.78, 5) is 9.86. The zero-order valence-corrected chi connectivity index (χ0v) is 19.0. The second kappa shape index (κ2) is 8.97. The highest BCUT2D eigenvalue weighted by Crippen LogP contribution is 2.38. The van der Waals surface area contributed by atoms with E-state index in [0.717, 1.165) is 37.7 Å². The fraction of sp³-hybridized carbons (Fsp3) is 0.545. The Morgan fingerprint density at radius 2 is 1.94 bits per heavy atom. The standard InChI is InChI=1S/C22H27F3N4O2S/c1-14-10-16(11-19(27-14)22(23,24)25)26-12-15-4-3-7-29(13-15)21(2,32)18-6-5-17-20(28-18)31-9-8-30-17/h5-6,10-11,15,32H,3-4,7-9,12-13H2,1-2H3,(H,26,27)/t15-,21-/m0/s1. The van der Waals surface area contributed by atoms with E-state index in [0.29, 0.717) is 42.8 Å².